The molecule has 0 unspecified atom stereocenters. The van der Waals surface area contributed by atoms with Crippen LogP contribution in [0, 0.1) is 11.8 Å². The smallest absolute Gasteiger partial charge is 0.133 e. The first-order valence-corrected chi connectivity index (χ1v) is 8.08. The summed E-state index contributed by atoms with van der Waals surface area (Å²) < 4.78 is 0. The van der Waals surface area contributed by atoms with Gasteiger partial charge in [-0.3, -0.25) is 0 Å². The number of hydrogen-bond acceptors (Lipinski definition) is 4. The van der Waals surface area contributed by atoms with Crippen molar-refractivity contribution in [3.63, 3.8) is 0 Å². The van der Waals surface area contributed by atoms with Crippen molar-refractivity contribution in [3.8, 4) is 0 Å². The average molecular weight is 276 g/mol. The molecule has 1 saturated carbocycles. The first-order valence-electron chi connectivity index (χ1n) is 8.08. The van der Waals surface area contributed by atoms with Gasteiger partial charge in [-0.25, -0.2) is 9.97 Å². The normalized spacial score (nSPS) is 22.7. The van der Waals surface area contributed by atoms with E-state index in [-0.39, 0.29) is 0 Å². The van der Waals surface area contributed by atoms with E-state index in [1.165, 1.54) is 32.1 Å². The Hall–Kier alpha value is -1.32. The number of nitrogens with two attached hydrogens (primary N) is 1. The lowest BCUT2D eigenvalue weighted by molar-refractivity contribution is 0.278. The molecule has 3 N–H and O–H groups in total. The van der Waals surface area contributed by atoms with Gasteiger partial charge in [-0.1, -0.05) is 33.1 Å². The molecule has 4 heteroatoms. The van der Waals surface area contributed by atoms with Crippen LogP contribution in [-0.2, 0) is 6.42 Å². The molecule has 20 heavy (non-hydrogen) atoms. The highest BCUT2D eigenvalue weighted by Gasteiger charge is 2.19. The van der Waals surface area contributed by atoms with Gasteiger partial charge >= 0.3 is 0 Å². The average Bonchev–Trinajstić information content (AvgIpc) is 2.45. The molecule has 1 fully saturated rings. The van der Waals surface area contributed by atoms with Crippen molar-refractivity contribution in [2.75, 3.05) is 17.6 Å². The van der Waals surface area contributed by atoms with Crippen LogP contribution in [0.15, 0.2) is 6.07 Å². The van der Waals surface area contributed by atoms with Crippen LogP contribution in [0.25, 0.3) is 0 Å². The zero-order valence-electron chi connectivity index (χ0n) is 12.9. The standard InChI is InChI=1S/C16H28N4/c1-3-5-15-19-14(17)10-16(20-15)18-11-13-8-6-12(4-2)7-9-13/h10,12-13H,3-9,11H2,1-2H3,(H3,17,18,19,20). The highest BCUT2D eigenvalue weighted by molar-refractivity contribution is 5.44. The molecule has 0 aliphatic heterocycles. The van der Waals surface area contributed by atoms with Gasteiger partial charge in [-0.15, -0.1) is 0 Å². The molecule has 2 rings (SSSR count). The summed E-state index contributed by atoms with van der Waals surface area (Å²) in [5.41, 5.74) is 5.84. The van der Waals surface area contributed by atoms with Crippen molar-refractivity contribution in [1.82, 2.24) is 9.97 Å². The van der Waals surface area contributed by atoms with Gasteiger partial charge in [-0.05, 0) is 31.1 Å². The van der Waals surface area contributed by atoms with Crippen LogP contribution in [0.5, 0.6) is 0 Å². The molecule has 1 heterocycles. The van der Waals surface area contributed by atoms with E-state index in [0.29, 0.717) is 5.82 Å². The van der Waals surface area contributed by atoms with Crippen molar-refractivity contribution in [1.29, 1.82) is 0 Å². The number of nitrogen functional groups attached to an aromatic ring is 1. The fourth-order valence-electron chi connectivity index (χ4n) is 3.04. The second-order valence-corrected chi connectivity index (χ2v) is 6.02. The Morgan fingerprint density at radius 2 is 1.85 bits per heavy atom. The number of nitrogens with zero attached hydrogens (tertiary/aromatic N) is 2. The molecule has 1 aliphatic rings. The summed E-state index contributed by atoms with van der Waals surface area (Å²) in [5.74, 6) is 4.05. The Kier molecular flexibility index (Phi) is 5.62. The topological polar surface area (TPSA) is 63.8 Å². The van der Waals surface area contributed by atoms with Crippen molar-refractivity contribution in [3.05, 3.63) is 11.9 Å². The summed E-state index contributed by atoms with van der Waals surface area (Å²) >= 11 is 0. The predicted octanol–water partition coefficient (Wildman–Crippen LogP) is 3.64. The van der Waals surface area contributed by atoms with Crippen molar-refractivity contribution >= 4 is 11.6 Å². The van der Waals surface area contributed by atoms with Gasteiger partial charge in [0.2, 0.25) is 0 Å². The molecular weight excluding hydrogens is 248 g/mol. The SMILES string of the molecule is CCCc1nc(N)cc(NCC2CCC(CC)CC2)n1. The lowest BCUT2D eigenvalue weighted by Gasteiger charge is -2.28. The van der Waals surface area contributed by atoms with E-state index in [9.17, 15) is 0 Å². The molecule has 0 radical (unpaired) electrons. The van der Waals surface area contributed by atoms with E-state index >= 15 is 0 Å². The summed E-state index contributed by atoms with van der Waals surface area (Å²) in [6.45, 7) is 5.45. The van der Waals surface area contributed by atoms with E-state index in [1.807, 2.05) is 6.07 Å². The predicted molar refractivity (Wildman–Crippen MR) is 84.7 cm³/mol. The Morgan fingerprint density at radius 3 is 2.50 bits per heavy atom. The fourth-order valence-corrected chi connectivity index (χ4v) is 3.04. The van der Waals surface area contributed by atoms with Gasteiger partial charge in [0.15, 0.2) is 0 Å². The quantitative estimate of drug-likeness (QED) is 0.832. The third-order valence-electron chi connectivity index (χ3n) is 4.38. The van der Waals surface area contributed by atoms with Gasteiger partial charge in [0.1, 0.15) is 17.5 Å². The summed E-state index contributed by atoms with van der Waals surface area (Å²) in [6, 6.07) is 1.84. The number of aromatic nitrogens is 2. The highest BCUT2D eigenvalue weighted by atomic mass is 15.0. The Labute approximate surface area is 122 Å². The molecule has 0 saturated heterocycles. The van der Waals surface area contributed by atoms with Crippen LogP contribution in [-0.4, -0.2) is 16.5 Å². The largest absolute Gasteiger partial charge is 0.384 e. The molecule has 0 aromatic carbocycles. The maximum Gasteiger partial charge on any atom is 0.133 e. The van der Waals surface area contributed by atoms with E-state index in [2.05, 4.69) is 29.1 Å². The van der Waals surface area contributed by atoms with Crippen LogP contribution in [0.2, 0.25) is 0 Å². The molecule has 0 bridgehead atoms. The number of aryl methyl sites for hydroxylation is 1. The maximum absolute atomic E-state index is 5.84. The van der Waals surface area contributed by atoms with E-state index in [0.717, 1.165) is 42.9 Å². The Balaban J connectivity index is 1.84. The third-order valence-corrected chi connectivity index (χ3v) is 4.38. The van der Waals surface area contributed by atoms with E-state index in [4.69, 9.17) is 5.73 Å². The molecule has 1 aromatic rings. The fraction of sp³-hybridized carbons (Fsp3) is 0.750. The summed E-state index contributed by atoms with van der Waals surface area (Å²) in [6.07, 6.45) is 8.72. The first kappa shape index (κ1) is 15.1. The monoisotopic (exact) mass is 276 g/mol. The van der Waals surface area contributed by atoms with Crippen molar-refractivity contribution in [2.24, 2.45) is 11.8 Å². The van der Waals surface area contributed by atoms with Gasteiger partial charge in [-0.2, -0.15) is 0 Å². The van der Waals surface area contributed by atoms with E-state index in [1.54, 1.807) is 0 Å². The second kappa shape index (κ2) is 7.46. The van der Waals surface area contributed by atoms with Crippen LogP contribution in [0.3, 0.4) is 0 Å². The molecule has 112 valence electrons. The minimum Gasteiger partial charge on any atom is -0.384 e. The van der Waals surface area contributed by atoms with Crippen molar-refractivity contribution in [2.45, 2.75) is 58.8 Å². The molecule has 4 nitrogen and oxygen atoms in total. The van der Waals surface area contributed by atoms with Gasteiger partial charge < -0.3 is 11.1 Å². The zero-order valence-corrected chi connectivity index (χ0v) is 12.9. The van der Waals surface area contributed by atoms with E-state index < -0.39 is 0 Å². The molecule has 1 aromatic heterocycles. The molecule has 1 aliphatic carbocycles. The van der Waals surface area contributed by atoms with Crippen LogP contribution in [0.1, 0.15) is 58.2 Å². The summed E-state index contributed by atoms with van der Waals surface area (Å²) in [4.78, 5) is 8.80. The van der Waals surface area contributed by atoms with Gasteiger partial charge in [0, 0.05) is 19.0 Å². The molecule has 0 amide bonds. The molecular formula is C16H28N4. The number of rotatable bonds is 6. The van der Waals surface area contributed by atoms with Crippen LogP contribution in [0.4, 0.5) is 11.6 Å². The lowest BCUT2D eigenvalue weighted by Crippen LogP contribution is -2.21. The second-order valence-electron chi connectivity index (χ2n) is 6.02. The molecule has 0 spiro atoms. The first-order chi connectivity index (χ1) is 9.71. The van der Waals surface area contributed by atoms with Gasteiger partial charge in [0.05, 0.1) is 0 Å². The number of anilines is 2. The molecule has 0 atom stereocenters. The Bertz CT molecular complexity index is 411. The van der Waals surface area contributed by atoms with Crippen LogP contribution >= 0.6 is 0 Å². The Morgan fingerprint density at radius 1 is 1.15 bits per heavy atom. The van der Waals surface area contributed by atoms with Crippen LogP contribution < -0.4 is 11.1 Å². The van der Waals surface area contributed by atoms with Gasteiger partial charge in [0.25, 0.3) is 0 Å². The lowest BCUT2D eigenvalue weighted by atomic mass is 9.81. The zero-order chi connectivity index (χ0) is 14.4. The minimum absolute atomic E-state index is 0.570. The third kappa shape index (κ3) is 4.36. The minimum atomic E-state index is 0.570. The van der Waals surface area contributed by atoms with Crippen molar-refractivity contribution < 1.29 is 0 Å². The number of hydrogen-bond donors (Lipinski definition) is 2. The summed E-state index contributed by atoms with van der Waals surface area (Å²) in [5, 5.41) is 3.46. The summed E-state index contributed by atoms with van der Waals surface area (Å²) in [7, 11) is 0. The number of nitrogens with one attached hydrogen (secondary N) is 1. The maximum atomic E-state index is 5.84. The highest BCUT2D eigenvalue weighted by Crippen LogP contribution is 2.30.